The zero-order valence-corrected chi connectivity index (χ0v) is 8.18. The van der Waals surface area contributed by atoms with E-state index in [0.717, 1.165) is 5.56 Å². The van der Waals surface area contributed by atoms with Crippen LogP contribution >= 0.6 is 0 Å². The molecule has 0 aliphatic carbocycles. The van der Waals surface area contributed by atoms with Gasteiger partial charge in [-0.2, -0.15) is 0 Å². The first kappa shape index (κ1) is 10.7. The largest absolute Gasteiger partial charge is 0.394 e. The Morgan fingerprint density at radius 2 is 2.07 bits per heavy atom. The van der Waals surface area contributed by atoms with Crippen LogP contribution in [0.2, 0.25) is 0 Å². The summed E-state index contributed by atoms with van der Waals surface area (Å²) in [5, 5.41) is 11.7. The lowest BCUT2D eigenvalue weighted by atomic mass is 9.94. The van der Waals surface area contributed by atoms with Crippen LogP contribution in [0.25, 0.3) is 0 Å². The Morgan fingerprint density at radius 3 is 2.57 bits per heavy atom. The second-order valence-corrected chi connectivity index (χ2v) is 3.27. The summed E-state index contributed by atoms with van der Waals surface area (Å²) >= 11 is 0. The molecule has 2 N–H and O–H groups in total. The summed E-state index contributed by atoms with van der Waals surface area (Å²) in [7, 11) is 0. The number of aliphatic hydroxyl groups excluding tert-OH is 1. The molecule has 0 saturated heterocycles. The van der Waals surface area contributed by atoms with Gasteiger partial charge in [-0.05, 0) is 5.56 Å². The van der Waals surface area contributed by atoms with E-state index in [9.17, 15) is 4.79 Å². The Bertz CT molecular complexity index is 274. The molecular weight excluding hydrogens is 178 g/mol. The molecule has 1 aromatic carbocycles. The third kappa shape index (κ3) is 2.57. The molecule has 14 heavy (non-hydrogen) atoms. The molecule has 0 fully saturated rings. The molecule has 0 spiro atoms. The molecule has 0 aromatic heterocycles. The van der Waals surface area contributed by atoms with Crippen LogP contribution in [0.15, 0.2) is 30.3 Å². The van der Waals surface area contributed by atoms with E-state index in [0.29, 0.717) is 6.41 Å². The van der Waals surface area contributed by atoms with Gasteiger partial charge in [-0.3, -0.25) is 4.79 Å². The minimum absolute atomic E-state index is 0.0468. The van der Waals surface area contributed by atoms with E-state index in [2.05, 4.69) is 5.32 Å². The fourth-order valence-corrected chi connectivity index (χ4v) is 1.43. The molecule has 0 saturated carbocycles. The lowest BCUT2D eigenvalue weighted by Gasteiger charge is -2.21. The predicted molar refractivity (Wildman–Crippen MR) is 54.9 cm³/mol. The van der Waals surface area contributed by atoms with Crippen LogP contribution < -0.4 is 5.32 Å². The van der Waals surface area contributed by atoms with Crippen LogP contribution in [-0.2, 0) is 4.79 Å². The Morgan fingerprint density at radius 1 is 1.43 bits per heavy atom. The van der Waals surface area contributed by atoms with Gasteiger partial charge in [0.05, 0.1) is 12.6 Å². The number of aliphatic hydroxyl groups is 1. The lowest BCUT2D eigenvalue weighted by Crippen LogP contribution is -2.36. The number of rotatable bonds is 5. The molecule has 3 heteroatoms. The highest BCUT2D eigenvalue weighted by molar-refractivity contribution is 5.47. The van der Waals surface area contributed by atoms with Gasteiger partial charge in [0.2, 0.25) is 6.41 Å². The molecule has 2 atom stereocenters. The van der Waals surface area contributed by atoms with Crippen molar-refractivity contribution >= 4 is 6.41 Å². The summed E-state index contributed by atoms with van der Waals surface area (Å²) < 4.78 is 0. The van der Waals surface area contributed by atoms with Crippen LogP contribution in [0, 0.1) is 0 Å². The molecule has 1 unspecified atom stereocenters. The van der Waals surface area contributed by atoms with E-state index in [1.165, 1.54) is 0 Å². The predicted octanol–water partition coefficient (Wildman–Crippen LogP) is 0.897. The van der Waals surface area contributed by atoms with Crippen molar-refractivity contribution in [1.29, 1.82) is 0 Å². The molecule has 1 aromatic rings. The summed E-state index contributed by atoms with van der Waals surface area (Å²) in [6.07, 6.45) is 0.625. The normalized spacial score (nSPS) is 14.4. The van der Waals surface area contributed by atoms with Gasteiger partial charge >= 0.3 is 0 Å². The number of hydrogen-bond acceptors (Lipinski definition) is 2. The summed E-state index contributed by atoms with van der Waals surface area (Å²) in [5.41, 5.74) is 1.11. The molecule has 0 aliphatic rings. The summed E-state index contributed by atoms with van der Waals surface area (Å²) in [6, 6.07) is 9.59. The van der Waals surface area contributed by atoms with E-state index in [4.69, 9.17) is 5.11 Å². The summed E-state index contributed by atoms with van der Waals surface area (Å²) in [5.74, 6) is 0.117. The molecule has 3 nitrogen and oxygen atoms in total. The highest BCUT2D eigenvalue weighted by atomic mass is 16.3. The van der Waals surface area contributed by atoms with Gasteiger partial charge < -0.3 is 10.4 Å². The Kier molecular flexibility index (Phi) is 4.13. The minimum Gasteiger partial charge on any atom is -0.394 e. The standard InChI is InChI=1S/C11H15NO2/c1-9(11(7-13)12-8-14)10-5-3-2-4-6-10/h2-6,8-9,11,13H,7H2,1H3,(H,12,14)/t9?,11-/m0/s1. The van der Waals surface area contributed by atoms with Crippen LogP contribution in [0.3, 0.4) is 0 Å². The monoisotopic (exact) mass is 193 g/mol. The first-order chi connectivity index (χ1) is 6.79. The number of benzene rings is 1. The smallest absolute Gasteiger partial charge is 0.207 e. The molecule has 76 valence electrons. The molecule has 1 rings (SSSR count). The van der Waals surface area contributed by atoms with Gasteiger partial charge in [-0.15, -0.1) is 0 Å². The van der Waals surface area contributed by atoms with Crippen LogP contribution in [0.4, 0.5) is 0 Å². The SMILES string of the molecule is CC(c1ccccc1)[C@H](CO)NC=O. The van der Waals surface area contributed by atoms with E-state index < -0.39 is 0 Å². The first-order valence-corrected chi connectivity index (χ1v) is 4.65. The molecule has 0 radical (unpaired) electrons. The quantitative estimate of drug-likeness (QED) is 0.682. The van der Waals surface area contributed by atoms with Crippen molar-refractivity contribution in [3.8, 4) is 0 Å². The van der Waals surface area contributed by atoms with E-state index in [1.807, 2.05) is 37.3 Å². The zero-order valence-electron chi connectivity index (χ0n) is 8.18. The van der Waals surface area contributed by atoms with E-state index in [-0.39, 0.29) is 18.6 Å². The van der Waals surface area contributed by atoms with Gasteiger partial charge in [-0.25, -0.2) is 0 Å². The second-order valence-electron chi connectivity index (χ2n) is 3.27. The topological polar surface area (TPSA) is 49.3 Å². The fraction of sp³-hybridized carbons (Fsp3) is 0.364. The number of carbonyl (C=O) groups excluding carboxylic acids is 1. The van der Waals surface area contributed by atoms with Crippen LogP contribution in [0.5, 0.6) is 0 Å². The Labute approximate surface area is 83.8 Å². The Balaban J connectivity index is 2.72. The van der Waals surface area contributed by atoms with Crippen molar-refractivity contribution in [2.75, 3.05) is 6.61 Å². The van der Waals surface area contributed by atoms with E-state index >= 15 is 0 Å². The second kappa shape index (κ2) is 5.40. The number of nitrogens with one attached hydrogen (secondary N) is 1. The van der Waals surface area contributed by atoms with Crippen LogP contribution in [0.1, 0.15) is 18.4 Å². The maximum Gasteiger partial charge on any atom is 0.207 e. The van der Waals surface area contributed by atoms with Gasteiger partial charge in [0, 0.05) is 5.92 Å². The van der Waals surface area contributed by atoms with Gasteiger partial charge in [-0.1, -0.05) is 37.3 Å². The van der Waals surface area contributed by atoms with Crippen LogP contribution in [-0.4, -0.2) is 24.2 Å². The van der Waals surface area contributed by atoms with E-state index in [1.54, 1.807) is 0 Å². The van der Waals surface area contributed by atoms with Gasteiger partial charge in [0.25, 0.3) is 0 Å². The third-order valence-electron chi connectivity index (χ3n) is 2.41. The van der Waals surface area contributed by atoms with Gasteiger partial charge in [0.1, 0.15) is 0 Å². The average molecular weight is 193 g/mol. The average Bonchev–Trinajstić information content (AvgIpc) is 2.26. The third-order valence-corrected chi connectivity index (χ3v) is 2.41. The zero-order chi connectivity index (χ0) is 10.4. The minimum atomic E-state index is -0.213. The number of carbonyl (C=O) groups is 1. The van der Waals surface area contributed by atoms with Crippen molar-refractivity contribution < 1.29 is 9.90 Å². The van der Waals surface area contributed by atoms with Crippen molar-refractivity contribution in [3.05, 3.63) is 35.9 Å². The molecule has 0 heterocycles. The summed E-state index contributed by atoms with van der Waals surface area (Å²) in [6.45, 7) is 1.93. The summed E-state index contributed by atoms with van der Waals surface area (Å²) in [4.78, 5) is 10.3. The highest BCUT2D eigenvalue weighted by Gasteiger charge is 2.16. The lowest BCUT2D eigenvalue weighted by molar-refractivity contribution is -0.110. The van der Waals surface area contributed by atoms with Crippen molar-refractivity contribution in [1.82, 2.24) is 5.32 Å². The van der Waals surface area contributed by atoms with Crippen molar-refractivity contribution in [2.45, 2.75) is 18.9 Å². The number of hydrogen-bond donors (Lipinski definition) is 2. The molecule has 1 amide bonds. The highest BCUT2D eigenvalue weighted by Crippen LogP contribution is 2.18. The van der Waals surface area contributed by atoms with Crippen molar-refractivity contribution in [2.24, 2.45) is 0 Å². The first-order valence-electron chi connectivity index (χ1n) is 4.65. The molecule has 0 aliphatic heterocycles. The Hall–Kier alpha value is -1.35. The maximum absolute atomic E-state index is 10.3. The fourth-order valence-electron chi connectivity index (χ4n) is 1.43. The van der Waals surface area contributed by atoms with Crippen molar-refractivity contribution in [3.63, 3.8) is 0 Å². The molecule has 0 bridgehead atoms. The van der Waals surface area contributed by atoms with Gasteiger partial charge in [0.15, 0.2) is 0 Å². The maximum atomic E-state index is 10.3. The number of amides is 1. The molecular formula is C11H15NO2.